The molecular weight excluding hydrogens is 228 g/mol. The summed E-state index contributed by atoms with van der Waals surface area (Å²) in [5, 5.41) is 0. The quantitative estimate of drug-likeness (QED) is 0.742. The van der Waals surface area contributed by atoms with Crippen LogP contribution >= 0.6 is 11.8 Å². The van der Waals surface area contributed by atoms with E-state index in [-0.39, 0.29) is 0 Å². The molecule has 0 spiro atoms. The molecule has 0 bridgehead atoms. The normalized spacial score (nSPS) is 10.2. The number of hydrogen-bond donors (Lipinski definition) is 0. The summed E-state index contributed by atoms with van der Waals surface area (Å²) in [6.45, 7) is 2.74. The first-order valence-corrected chi connectivity index (χ1v) is 6.83. The van der Waals surface area contributed by atoms with Crippen LogP contribution in [0.2, 0.25) is 0 Å². The zero-order valence-electron chi connectivity index (χ0n) is 10.1. The molecule has 1 nitrogen and oxygen atoms in total. The maximum Gasteiger partial charge on any atom is 0.119 e. The summed E-state index contributed by atoms with van der Waals surface area (Å²) in [4.78, 5) is 1.26. The van der Waals surface area contributed by atoms with Crippen molar-refractivity contribution in [2.24, 2.45) is 0 Å². The molecule has 0 N–H and O–H groups in total. The fourth-order valence-electron chi connectivity index (χ4n) is 1.61. The van der Waals surface area contributed by atoms with Gasteiger partial charge in [0.25, 0.3) is 0 Å². The van der Waals surface area contributed by atoms with Gasteiger partial charge in [0.15, 0.2) is 0 Å². The average molecular weight is 244 g/mol. The minimum atomic E-state index is 0.630. The van der Waals surface area contributed by atoms with Crippen LogP contribution in [0.25, 0.3) is 0 Å². The summed E-state index contributed by atoms with van der Waals surface area (Å²) in [7, 11) is 0. The minimum absolute atomic E-state index is 0.630. The minimum Gasteiger partial charge on any atom is -0.489 e. The zero-order chi connectivity index (χ0) is 12.1. The zero-order valence-corrected chi connectivity index (χ0v) is 11.0. The molecular formula is C15H16OS. The van der Waals surface area contributed by atoms with Crippen molar-refractivity contribution in [1.29, 1.82) is 0 Å². The summed E-state index contributed by atoms with van der Waals surface area (Å²) < 4.78 is 5.76. The van der Waals surface area contributed by atoms with E-state index in [1.807, 2.05) is 24.3 Å². The molecule has 2 aromatic rings. The van der Waals surface area contributed by atoms with Gasteiger partial charge in [-0.25, -0.2) is 0 Å². The Morgan fingerprint density at radius 1 is 1.00 bits per heavy atom. The first-order valence-electron chi connectivity index (χ1n) is 5.61. The lowest BCUT2D eigenvalue weighted by Crippen LogP contribution is -1.97. The van der Waals surface area contributed by atoms with Crippen molar-refractivity contribution in [2.75, 3.05) is 6.26 Å². The van der Waals surface area contributed by atoms with E-state index in [9.17, 15) is 0 Å². The largest absolute Gasteiger partial charge is 0.489 e. The van der Waals surface area contributed by atoms with Crippen molar-refractivity contribution < 1.29 is 4.74 Å². The highest BCUT2D eigenvalue weighted by Crippen LogP contribution is 2.20. The lowest BCUT2D eigenvalue weighted by Gasteiger charge is -2.08. The third kappa shape index (κ3) is 3.27. The third-order valence-corrected chi connectivity index (χ3v) is 3.46. The highest BCUT2D eigenvalue weighted by molar-refractivity contribution is 7.98. The highest BCUT2D eigenvalue weighted by atomic mass is 32.2. The average Bonchev–Trinajstić information content (AvgIpc) is 2.38. The Bertz CT molecular complexity index is 477. The van der Waals surface area contributed by atoms with Gasteiger partial charge >= 0.3 is 0 Å². The van der Waals surface area contributed by atoms with Gasteiger partial charge < -0.3 is 4.74 Å². The van der Waals surface area contributed by atoms with E-state index >= 15 is 0 Å². The van der Waals surface area contributed by atoms with Crippen molar-refractivity contribution >= 4 is 11.8 Å². The molecule has 17 heavy (non-hydrogen) atoms. The molecule has 0 aliphatic heterocycles. The predicted molar refractivity (Wildman–Crippen MR) is 73.7 cm³/mol. The number of thioether (sulfide) groups is 1. The number of benzene rings is 2. The summed E-state index contributed by atoms with van der Waals surface area (Å²) in [5.74, 6) is 0.922. The second-order valence-electron chi connectivity index (χ2n) is 3.89. The Kier molecular flexibility index (Phi) is 4.10. The van der Waals surface area contributed by atoms with Gasteiger partial charge in [-0.2, -0.15) is 0 Å². The van der Waals surface area contributed by atoms with Crippen LogP contribution in [0.4, 0.5) is 0 Å². The molecule has 0 unspecified atom stereocenters. The van der Waals surface area contributed by atoms with Gasteiger partial charge in [0, 0.05) is 4.90 Å². The fourth-order valence-corrected chi connectivity index (χ4v) is 2.01. The molecule has 2 heteroatoms. The van der Waals surface area contributed by atoms with E-state index in [4.69, 9.17) is 4.74 Å². The van der Waals surface area contributed by atoms with Crippen LogP contribution in [0.3, 0.4) is 0 Å². The molecule has 2 rings (SSSR count). The van der Waals surface area contributed by atoms with Crippen LogP contribution in [0.1, 0.15) is 11.1 Å². The first-order chi connectivity index (χ1) is 8.29. The van der Waals surface area contributed by atoms with Gasteiger partial charge in [-0.05, 0) is 48.6 Å². The monoisotopic (exact) mass is 244 g/mol. The van der Waals surface area contributed by atoms with E-state index in [1.165, 1.54) is 16.0 Å². The van der Waals surface area contributed by atoms with Crippen LogP contribution in [0, 0.1) is 6.92 Å². The lowest BCUT2D eigenvalue weighted by atomic mass is 10.1. The fraction of sp³-hybridized carbons (Fsp3) is 0.200. The summed E-state index contributed by atoms with van der Waals surface area (Å²) in [6.07, 6.45) is 2.07. The highest BCUT2D eigenvalue weighted by Gasteiger charge is 1.99. The van der Waals surface area contributed by atoms with Gasteiger partial charge in [-0.1, -0.05) is 24.3 Å². The van der Waals surface area contributed by atoms with E-state index in [0.717, 1.165) is 5.75 Å². The van der Waals surface area contributed by atoms with Crippen molar-refractivity contribution in [2.45, 2.75) is 18.4 Å². The number of aryl methyl sites for hydroxylation is 1. The molecule has 2 aromatic carbocycles. The Hall–Kier alpha value is -1.41. The van der Waals surface area contributed by atoms with Crippen LogP contribution in [-0.4, -0.2) is 6.26 Å². The molecule has 0 radical (unpaired) electrons. The summed E-state index contributed by atoms with van der Waals surface area (Å²) in [5.41, 5.74) is 2.51. The van der Waals surface area contributed by atoms with Crippen molar-refractivity contribution in [3.8, 4) is 5.75 Å². The van der Waals surface area contributed by atoms with Gasteiger partial charge in [0.2, 0.25) is 0 Å². The Morgan fingerprint density at radius 3 is 2.35 bits per heavy atom. The standard InChI is InChI=1S/C15H16OS/c1-12-5-3-4-6-13(12)11-16-14-7-9-15(17-2)10-8-14/h3-10H,11H2,1-2H3. The van der Waals surface area contributed by atoms with Crippen LogP contribution < -0.4 is 4.74 Å². The van der Waals surface area contributed by atoms with Crippen LogP contribution in [-0.2, 0) is 6.61 Å². The topological polar surface area (TPSA) is 9.23 Å². The molecule has 0 heterocycles. The van der Waals surface area contributed by atoms with Crippen LogP contribution in [0.15, 0.2) is 53.4 Å². The molecule has 0 fully saturated rings. The number of hydrogen-bond acceptors (Lipinski definition) is 2. The second-order valence-corrected chi connectivity index (χ2v) is 4.77. The van der Waals surface area contributed by atoms with Crippen LogP contribution in [0.5, 0.6) is 5.75 Å². The Labute approximate surface area is 107 Å². The molecule has 0 saturated heterocycles. The SMILES string of the molecule is CSc1ccc(OCc2ccccc2C)cc1. The number of ether oxygens (including phenoxy) is 1. The summed E-state index contributed by atoms with van der Waals surface area (Å²) in [6, 6.07) is 16.5. The third-order valence-electron chi connectivity index (χ3n) is 2.72. The maximum absolute atomic E-state index is 5.76. The van der Waals surface area contributed by atoms with Crippen molar-refractivity contribution in [3.63, 3.8) is 0 Å². The van der Waals surface area contributed by atoms with Gasteiger partial charge in [0.05, 0.1) is 0 Å². The maximum atomic E-state index is 5.76. The van der Waals surface area contributed by atoms with Gasteiger partial charge in [-0.3, -0.25) is 0 Å². The molecule has 0 aromatic heterocycles. The predicted octanol–water partition coefficient (Wildman–Crippen LogP) is 4.30. The lowest BCUT2D eigenvalue weighted by molar-refractivity contribution is 0.305. The van der Waals surface area contributed by atoms with E-state index in [0.29, 0.717) is 6.61 Å². The molecule has 0 aliphatic carbocycles. The first kappa shape index (κ1) is 12.1. The van der Waals surface area contributed by atoms with Gasteiger partial charge in [0.1, 0.15) is 12.4 Å². The van der Waals surface area contributed by atoms with Gasteiger partial charge in [-0.15, -0.1) is 11.8 Å². The smallest absolute Gasteiger partial charge is 0.119 e. The molecule has 0 aliphatic rings. The number of rotatable bonds is 4. The Balaban J connectivity index is 2.00. The molecule has 0 atom stereocenters. The Morgan fingerprint density at radius 2 is 1.71 bits per heavy atom. The van der Waals surface area contributed by atoms with E-state index in [2.05, 4.69) is 37.4 Å². The van der Waals surface area contributed by atoms with E-state index in [1.54, 1.807) is 11.8 Å². The van der Waals surface area contributed by atoms with Crippen molar-refractivity contribution in [3.05, 3.63) is 59.7 Å². The van der Waals surface area contributed by atoms with Crippen molar-refractivity contribution in [1.82, 2.24) is 0 Å². The van der Waals surface area contributed by atoms with E-state index < -0.39 is 0 Å². The summed E-state index contributed by atoms with van der Waals surface area (Å²) >= 11 is 1.74. The second kappa shape index (κ2) is 5.78. The molecule has 0 amide bonds. The molecule has 88 valence electrons. The molecule has 0 saturated carbocycles.